The molecule has 1 aromatic carbocycles. The third kappa shape index (κ3) is 2.96. The number of fused-ring (bicyclic) bond motifs is 2. The zero-order valence-corrected chi connectivity index (χ0v) is 16.4. The number of hydrogen-bond acceptors (Lipinski definition) is 7. The van der Waals surface area contributed by atoms with Crippen LogP contribution < -0.4 is 11.3 Å². The summed E-state index contributed by atoms with van der Waals surface area (Å²) in [6.07, 6.45) is 1.35. The SMILES string of the molecule is Nc1cc(Cn2c(C(O)O)c(-c3ccc[nH]c3=O)c3cc4scnc4cc32)ccn1. The molecule has 8 nitrogen and oxygen atoms in total. The van der Waals surface area contributed by atoms with Crippen molar-refractivity contribution in [2.45, 2.75) is 12.8 Å². The maximum absolute atomic E-state index is 12.6. The van der Waals surface area contributed by atoms with E-state index in [1.807, 2.05) is 18.2 Å². The van der Waals surface area contributed by atoms with Crippen LogP contribution in [0.4, 0.5) is 5.82 Å². The second kappa shape index (κ2) is 7.06. The normalized spacial score (nSPS) is 11.7. The Morgan fingerprint density at radius 1 is 1.20 bits per heavy atom. The molecule has 0 bridgehead atoms. The lowest BCUT2D eigenvalue weighted by Gasteiger charge is -2.14. The number of nitrogens with zero attached hydrogens (tertiary/aromatic N) is 3. The molecular formula is C21H17N5O3S. The van der Waals surface area contributed by atoms with E-state index in [0.29, 0.717) is 23.5 Å². The highest BCUT2D eigenvalue weighted by atomic mass is 32.1. The molecule has 0 aliphatic heterocycles. The van der Waals surface area contributed by atoms with Crippen LogP contribution in [0.3, 0.4) is 0 Å². The number of aliphatic hydroxyl groups is 2. The molecule has 0 saturated heterocycles. The van der Waals surface area contributed by atoms with Gasteiger partial charge in [-0.25, -0.2) is 9.97 Å². The number of anilines is 1. The molecule has 9 heteroatoms. The number of hydrogen-bond donors (Lipinski definition) is 4. The van der Waals surface area contributed by atoms with E-state index in [0.717, 1.165) is 26.7 Å². The zero-order valence-electron chi connectivity index (χ0n) is 15.6. The number of aliphatic hydroxyl groups excluding tert-OH is 1. The molecule has 0 aliphatic carbocycles. The molecule has 0 spiro atoms. The summed E-state index contributed by atoms with van der Waals surface area (Å²) in [7, 11) is 0. The molecule has 4 aromatic heterocycles. The average molecular weight is 419 g/mol. The molecule has 0 aliphatic rings. The molecule has 4 heterocycles. The maximum Gasteiger partial charge on any atom is 0.255 e. The number of thiazole rings is 1. The number of rotatable bonds is 4. The molecular weight excluding hydrogens is 402 g/mol. The van der Waals surface area contributed by atoms with Crippen LogP contribution in [0.5, 0.6) is 0 Å². The molecule has 30 heavy (non-hydrogen) atoms. The molecule has 0 atom stereocenters. The standard InChI is InChI=1S/C21H17N5O3S/c22-17-6-11(3-5-23-17)9-26-15-8-14-16(30-10-25-14)7-13(15)18(19(26)21(28)29)12-2-1-4-24-20(12)27/h1-8,10,21,28-29H,9H2,(H2,22,23)(H,24,27). The van der Waals surface area contributed by atoms with Gasteiger partial charge >= 0.3 is 0 Å². The Morgan fingerprint density at radius 2 is 2.07 bits per heavy atom. The van der Waals surface area contributed by atoms with E-state index in [4.69, 9.17) is 5.73 Å². The Bertz CT molecular complexity index is 1450. The van der Waals surface area contributed by atoms with Gasteiger partial charge in [0.05, 0.1) is 26.9 Å². The van der Waals surface area contributed by atoms with E-state index in [1.54, 1.807) is 40.7 Å². The first-order chi connectivity index (χ1) is 14.5. The van der Waals surface area contributed by atoms with Crippen molar-refractivity contribution >= 4 is 38.3 Å². The zero-order chi connectivity index (χ0) is 20.8. The van der Waals surface area contributed by atoms with Gasteiger partial charge in [0.1, 0.15) is 5.82 Å². The van der Waals surface area contributed by atoms with Gasteiger partial charge in [0.2, 0.25) is 0 Å². The minimum atomic E-state index is -1.79. The van der Waals surface area contributed by atoms with Crippen LogP contribution in [0.25, 0.3) is 32.2 Å². The Balaban J connectivity index is 1.89. The molecule has 0 fully saturated rings. The number of H-pyrrole nitrogens is 1. The van der Waals surface area contributed by atoms with Gasteiger partial charge in [-0.3, -0.25) is 4.79 Å². The van der Waals surface area contributed by atoms with Crippen molar-refractivity contribution in [3.63, 3.8) is 0 Å². The Morgan fingerprint density at radius 3 is 2.83 bits per heavy atom. The topological polar surface area (TPSA) is 130 Å². The monoisotopic (exact) mass is 419 g/mol. The first kappa shape index (κ1) is 18.5. The summed E-state index contributed by atoms with van der Waals surface area (Å²) in [5.41, 5.74) is 10.7. The van der Waals surface area contributed by atoms with E-state index >= 15 is 0 Å². The van der Waals surface area contributed by atoms with Crippen molar-refractivity contribution in [3.05, 3.63) is 75.9 Å². The van der Waals surface area contributed by atoms with Gasteiger partial charge in [0.25, 0.3) is 5.56 Å². The van der Waals surface area contributed by atoms with Crippen molar-refractivity contribution in [2.24, 2.45) is 0 Å². The maximum atomic E-state index is 12.6. The number of nitrogen functional groups attached to an aromatic ring is 1. The third-order valence-electron chi connectivity index (χ3n) is 5.07. The molecule has 0 radical (unpaired) electrons. The first-order valence-electron chi connectivity index (χ1n) is 9.17. The van der Waals surface area contributed by atoms with Crippen LogP contribution in [-0.4, -0.2) is 29.7 Å². The average Bonchev–Trinajstić information content (AvgIpc) is 3.29. The van der Waals surface area contributed by atoms with Crippen LogP contribution >= 0.6 is 11.3 Å². The summed E-state index contributed by atoms with van der Waals surface area (Å²) in [6.45, 7) is 0.316. The van der Waals surface area contributed by atoms with E-state index in [-0.39, 0.29) is 11.3 Å². The summed E-state index contributed by atoms with van der Waals surface area (Å²) in [5, 5.41) is 21.4. The largest absolute Gasteiger partial charge is 0.384 e. The predicted molar refractivity (Wildman–Crippen MR) is 116 cm³/mol. The second-order valence-electron chi connectivity index (χ2n) is 6.91. The fourth-order valence-corrected chi connectivity index (χ4v) is 4.53. The molecule has 5 rings (SSSR count). The number of aromatic nitrogens is 4. The summed E-state index contributed by atoms with van der Waals surface area (Å²) >= 11 is 1.48. The number of nitrogens with one attached hydrogen (secondary N) is 1. The van der Waals surface area contributed by atoms with Crippen LogP contribution in [-0.2, 0) is 6.54 Å². The Labute approximate surface area is 173 Å². The van der Waals surface area contributed by atoms with Crippen LogP contribution in [0.1, 0.15) is 17.5 Å². The lowest BCUT2D eigenvalue weighted by Crippen LogP contribution is -2.12. The van der Waals surface area contributed by atoms with Gasteiger partial charge in [-0.05, 0) is 42.0 Å². The van der Waals surface area contributed by atoms with Crippen molar-refractivity contribution in [2.75, 3.05) is 5.73 Å². The van der Waals surface area contributed by atoms with E-state index in [2.05, 4.69) is 15.0 Å². The fourth-order valence-electron chi connectivity index (χ4n) is 3.83. The van der Waals surface area contributed by atoms with Gasteiger partial charge in [-0.15, -0.1) is 11.3 Å². The minimum Gasteiger partial charge on any atom is -0.384 e. The fraction of sp³-hybridized carbons (Fsp3) is 0.0952. The second-order valence-corrected chi connectivity index (χ2v) is 7.80. The Kier molecular flexibility index (Phi) is 4.35. The number of nitrogens with two attached hydrogens (primary N) is 1. The first-order valence-corrected chi connectivity index (χ1v) is 10.0. The highest BCUT2D eigenvalue weighted by Crippen LogP contribution is 2.39. The van der Waals surface area contributed by atoms with E-state index < -0.39 is 6.29 Å². The smallest absolute Gasteiger partial charge is 0.255 e. The van der Waals surface area contributed by atoms with Gasteiger partial charge in [-0.1, -0.05) is 0 Å². The van der Waals surface area contributed by atoms with Crippen molar-refractivity contribution in [1.29, 1.82) is 0 Å². The lowest BCUT2D eigenvalue weighted by atomic mass is 10.0. The molecule has 0 amide bonds. The lowest BCUT2D eigenvalue weighted by molar-refractivity contribution is -0.0473. The van der Waals surface area contributed by atoms with Gasteiger partial charge < -0.3 is 25.5 Å². The predicted octanol–water partition coefficient (Wildman–Crippen LogP) is 2.62. The van der Waals surface area contributed by atoms with Crippen LogP contribution in [0, 0.1) is 0 Å². The number of benzene rings is 1. The van der Waals surface area contributed by atoms with E-state index in [9.17, 15) is 15.0 Å². The third-order valence-corrected chi connectivity index (χ3v) is 5.87. The van der Waals surface area contributed by atoms with Crippen molar-refractivity contribution in [3.8, 4) is 11.1 Å². The number of aromatic amines is 1. The van der Waals surface area contributed by atoms with E-state index in [1.165, 1.54) is 11.3 Å². The summed E-state index contributed by atoms with van der Waals surface area (Å²) in [6, 6.07) is 10.8. The van der Waals surface area contributed by atoms with Gasteiger partial charge in [0, 0.05) is 35.5 Å². The molecule has 5 N–H and O–H groups in total. The Hall–Kier alpha value is -3.53. The quantitative estimate of drug-likeness (QED) is 0.331. The summed E-state index contributed by atoms with van der Waals surface area (Å²) < 4.78 is 2.73. The highest BCUT2D eigenvalue weighted by Gasteiger charge is 2.25. The van der Waals surface area contributed by atoms with Crippen molar-refractivity contribution in [1.82, 2.24) is 19.5 Å². The van der Waals surface area contributed by atoms with Crippen LogP contribution in [0.15, 0.2) is 59.1 Å². The molecule has 150 valence electrons. The molecule has 5 aromatic rings. The van der Waals surface area contributed by atoms with Gasteiger partial charge in [-0.2, -0.15) is 0 Å². The minimum absolute atomic E-state index is 0.231. The summed E-state index contributed by atoms with van der Waals surface area (Å²) in [4.78, 5) is 23.7. The number of pyridine rings is 2. The van der Waals surface area contributed by atoms with Crippen LogP contribution in [0.2, 0.25) is 0 Å². The highest BCUT2D eigenvalue weighted by molar-refractivity contribution is 7.16. The van der Waals surface area contributed by atoms with Crippen molar-refractivity contribution < 1.29 is 10.2 Å². The molecule has 0 saturated carbocycles. The summed E-state index contributed by atoms with van der Waals surface area (Å²) in [5.74, 6) is 0.372. The van der Waals surface area contributed by atoms with Gasteiger partial charge in [0.15, 0.2) is 6.29 Å². The molecule has 0 unspecified atom stereocenters.